The Bertz CT molecular complexity index is 1120. The highest BCUT2D eigenvalue weighted by atomic mass is 35.5. The van der Waals surface area contributed by atoms with Gasteiger partial charge in [0.1, 0.15) is 11.5 Å². The molecule has 0 amide bonds. The van der Waals surface area contributed by atoms with Crippen LogP contribution in [-0.4, -0.2) is 32.8 Å². The lowest BCUT2D eigenvalue weighted by Crippen LogP contribution is -2.19. The number of esters is 1. The highest BCUT2D eigenvalue weighted by Gasteiger charge is 2.30. The van der Waals surface area contributed by atoms with Crippen molar-refractivity contribution in [1.29, 1.82) is 0 Å². The van der Waals surface area contributed by atoms with E-state index in [0.717, 1.165) is 0 Å². The Hall–Kier alpha value is -3.19. The molecule has 2 aromatic carbocycles. The lowest BCUT2D eigenvalue weighted by atomic mass is 10.00. The topological polar surface area (TPSA) is 70.2 Å². The van der Waals surface area contributed by atoms with Crippen LogP contribution in [0.25, 0.3) is 5.69 Å². The van der Waals surface area contributed by atoms with E-state index in [2.05, 4.69) is 5.10 Å². The van der Waals surface area contributed by atoms with Crippen LogP contribution in [0.15, 0.2) is 48.5 Å². The molecule has 0 fully saturated rings. The summed E-state index contributed by atoms with van der Waals surface area (Å²) < 4.78 is 21.7. The van der Waals surface area contributed by atoms with Crippen molar-refractivity contribution in [1.82, 2.24) is 9.78 Å². The first-order valence-electron chi connectivity index (χ1n) is 8.62. The van der Waals surface area contributed by atoms with Gasteiger partial charge in [-0.1, -0.05) is 23.7 Å². The van der Waals surface area contributed by atoms with E-state index in [1.165, 1.54) is 16.8 Å². The minimum atomic E-state index is -0.575. The van der Waals surface area contributed by atoms with Crippen LogP contribution in [0, 0.1) is 11.0 Å². The van der Waals surface area contributed by atoms with Gasteiger partial charge in [-0.2, -0.15) is 9.84 Å². The first kappa shape index (κ1) is 18.2. The molecule has 8 heteroatoms. The Morgan fingerprint density at radius 2 is 2.07 bits per heavy atom. The second-order valence-corrected chi connectivity index (χ2v) is 6.62. The van der Waals surface area contributed by atoms with Crippen LogP contribution in [0.4, 0.5) is 4.39 Å². The van der Waals surface area contributed by atoms with E-state index in [0.29, 0.717) is 26.7 Å². The number of aromatic nitrogens is 2. The first-order chi connectivity index (χ1) is 13.5. The molecule has 0 bridgehead atoms. The summed E-state index contributed by atoms with van der Waals surface area (Å²) in [6.07, 6.45) is 0. The number of hydroxylamine groups is 1. The molecular formula is C20H15ClFN3O3. The van der Waals surface area contributed by atoms with Crippen LogP contribution >= 0.6 is 11.6 Å². The zero-order valence-electron chi connectivity index (χ0n) is 14.9. The predicted molar refractivity (Wildman–Crippen MR) is 101 cm³/mol. The number of rotatable bonds is 3. The molecule has 1 aromatic heterocycles. The Morgan fingerprint density at radius 3 is 2.82 bits per heavy atom. The van der Waals surface area contributed by atoms with E-state index >= 15 is 0 Å². The van der Waals surface area contributed by atoms with Gasteiger partial charge >= 0.3 is 5.97 Å². The monoisotopic (exact) mass is 399 g/mol. The molecular weight excluding hydrogens is 385 g/mol. The summed E-state index contributed by atoms with van der Waals surface area (Å²) in [5, 5.41) is 17.7. The molecule has 0 saturated heterocycles. The molecule has 0 atom stereocenters. The van der Waals surface area contributed by atoms with Gasteiger partial charge in [0.25, 0.3) is 0 Å². The smallest absolute Gasteiger partial charge is 0.358 e. The molecule has 2 heterocycles. The Kier molecular flexibility index (Phi) is 4.60. The van der Waals surface area contributed by atoms with Gasteiger partial charge in [-0.15, -0.1) is 0 Å². The number of hydrogen-bond donors (Lipinski definition) is 0. The lowest BCUT2D eigenvalue weighted by molar-refractivity contribution is -0.474. The fourth-order valence-electron chi connectivity index (χ4n) is 3.22. The summed E-state index contributed by atoms with van der Waals surface area (Å²) in [6.45, 7) is 1.79. The summed E-state index contributed by atoms with van der Waals surface area (Å²) in [5.41, 5.74) is 1.83. The van der Waals surface area contributed by atoms with Gasteiger partial charge in [0.15, 0.2) is 12.2 Å². The van der Waals surface area contributed by atoms with E-state index in [1.807, 2.05) is 0 Å². The maximum atomic E-state index is 14.5. The third-order valence-corrected chi connectivity index (χ3v) is 4.63. The van der Waals surface area contributed by atoms with Gasteiger partial charge in [-0.3, -0.25) is 0 Å². The standard InChI is InChI=1S/C20H15ClFN3O3/c1-2-28-20(26)17-10-13-11-24(27)19(14-5-3-4-6-16(14)22)15-9-12(21)7-8-18(15)25(13)23-17/h3-10H,2,11H2,1H3. The van der Waals surface area contributed by atoms with Crippen molar-refractivity contribution in [2.45, 2.75) is 13.5 Å². The zero-order chi connectivity index (χ0) is 19.8. The number of fused-ring (bicyclic) bond motifs is 3. The van der Waals surface area contributed by atoms with Gasteiger partial charge < -0.3 is 9.94 Å². The molecule has 142 valence electrons. The second-order valence-electron chi connectivity index (χ2n) is 6.18. The van der Waals surface area contributed by atoms with Gasteiger partial charge in [0, 0.05) is 11.1 Å². The number of carbonyl (C=O) groups excluding carboxylic acids is 1. The number of hydrogen-bond acceptors (Lipinski definition) is 4. The fourth-order valence-corrected chi connectivity index (χ4v) is 3.39. The quantitative estimate of drug-likeness (QED) is 0.382. The zero-order valence-corrected chi connectivity index (χ0v) is 15.6. The molecule has 1 aliphatic heterocycles. The van der Waals surface area contributed by atoms with Crippen LogP contribution in [0.3, 0.4) is 0 Å². The highest BCUT2D eigenvalue weighted by Crippen LogP contribution is 2.28. The van der Waals surface area contributed by atoms with E-state index in [-0.39, 0.29) is 30.1 Å². The van der Waals surface area contributed by atoms with E-state index in [4.69, 9.17) is 16.3 Å². The van der Waals surface area contributed by atoms with Crippen LogP contribution in [0.1, 0.15) is 34.2 Å². The summed E-state index contributed by atoms with van der Waals surface area (Å²) in [7, 11) is 0. The van der Waals surface area contributed by atoms with Gasteiger partial charge in [-0.25, -0.2) is 13.9 Å². The third kappa shape index (κ3) is 3.03. The lowest BCUT2D eigenvalue weighted by Gasteiger charge is -2.11. The highest BCUT2D eigenvalue weighted by molar-refractivity contribution is 6.31. The number of benzene rings is 2. The number of carbonyl (C=O) groups is 1. The van der Waals surface area contributed by atoms with E-state index < -0.39 is 11.8 Å². The summed E-state index contributed by atoms with van der Waals surface area (Å²) >= 11 is 6.16. The molecule has 3 aromatic rings. The van der Waals surface area contributed by atoms with Crippen molar-refractivity contribution in [3.05, 3.63) is 87.1 Å². The Balaban J connectivity index is 1.96. The van der Waals surface area contributed by atoms with E-state index in [9.17, 15) is 14.4 Å². The predicted octanol–water partition coefficient (Wildman–Crippen LogP) is 3.70. The molecule has 4 rings (SSSR count). The second kappa shape index (κ2) is 7.09. The van der Waals surface area contributed by atoms with Crippen molar-refractivity contribution in [2.75, 3.05) is 6.61 Å². The van der Waals surface area contributed by atoms with Gasteiger partial charge in [0.05, 0.1) is 23.4 Å². The normalized spacial score (nSPS) is 13.0. The number of halogens is 2. The van der Waals surface area contributed by atoms with E-state index in [1.54, 1.807) is 43.3 Å². The van der Waals surface area contributed by atoms with Crippen LogP contribution in [0.5, 0.6) is 0 Å². The molecule has 0 unspecified atom stereocenters. The van der Waals surface area contributed by atoms with Gasteiger partial charge in [0.2, 0.25) is 5.71 Å². The Labute approximate surface area is 165 Å². The fraction of sp³-hybridized carbons (Fsp3) is 0.150. The summed E-state index contributed by atoms with van der Waals surface area (Å²) in [4.78, 5) is 12.1. The maximum absolute atomic E-state index is 14.5. The molecule has 0 radical (unpaired) electrons. The minimum Gasteiger partial charge on any atom is -0.623 e. The third-order valence-electron chi connectivity index (χ3n) is 4.39. The average Bonchev–Trinajstić information content (AvgIpc) is 3.03. The molecule has 6 nitrogen and oxygen atoms in total. The summed E-state index contributed by atoms with van der Waals surface area (Å²) in [5.74, 6) is -1.09. The van der Waals surface area contributed by atoms with Crippen LogP contribution in [-0.2, 0) is 11.3 Å². The number of ether oxygens (including phenoxy) is 1. The largest absolute Gasteiger partial charge is 0.623 e. The van der Waals surface area contributed by atoms with Crippen LogP contribution < -0.4 is 0 Å². The van der Waals surface area contributed by atoms with Crippen molar-refractivity contribution in [3.8, 4) is 5.69 Å². The molecule has 28 heavy (non-hydrogen) atoms. The minimum absolute atomic E-state index is 0.0977. The van der Waals surface area contributed by atoms with Crippen molar-refractivity contribution < 1.29 is 18.7 Å². The van der Waals surface area contributed by atoms with Crippen molar-refractivity contribution >= 4 is 23.3 Å². The maximum Gasteiger partial charge on any atom is 0.358 e. The number of nitrogens with zero attached hydrogens (tertiary/aromatic N) is 3. The molecule has 0 spiro atoms. The van der Waals surface area contributed by atoms with Crippen molar-refractivity contribution in [2.24, 2.45) is 0 Å². The molecule has 1 aliphatic rings. The molecule has 0 aliphatic carbocycles. The van der Waals surface area contributed by atoms with Crippen LogP contribution in [0.2, 0.25) is 5.02 Å². The summed E-state index contributed by atoms with van der Waals surface area (Å²) in [6, 6.07) is 12.5. The molecule has 0 N–H and O–H groups in total. The first-order valence-corrected chi connectivity index (χ1v) is 9.00. The SMILES string of the molecule is CCOC(=O)c1cc2n(n1)-c1ccc(Cl)cc1C(c1ccccc1F)=[N+]([O-])C2. The van der Waals surface area contributed by atoms with Gasteiger partial charge in [-0.05, 0) is 37.3 Å². The average molecular weight is 400 g/mol. The molecule has 0 saturated carbocycles. The Morgan fingerprint density at radius 1 is 1.29 bits per heavy atom. The van der Waals surface area contributed by atoms with Crippen molar-refractivity contribution in [3.63, 3.8) is 0 Å².